The summed E-state index contributed by atoms with van der Waals surface area (Å²) in [6, 6.07) is -0.298. The molecule has 0 saturated carbocycles. The molecule has 23 heavy (non-hydrogen) atoms. The number of fused-ring (bicyclic) bond motifs is 1. The van der Waals surface area contributed by atoms with Gasteiger partial charge in [0.05, 0.1) is 19.1 Å². The van der Waals surface area contributed by atoms with Crippen LogP contribution in [-0.2, 0) is 23.9 Å². The molecule has 2 fully saturated rings. The Balaban J connectivity index is 2.25. The third kappa shape index (κ3) is 3.20. The molecule has 130 valence electrons. The number of carbonyl (C=O) groups is 3. The molecule has 0 aromatic rings. The molecule has 0 bridgehead atoms. The van der Waals surface area contributed by atoms with Gasteiger partial charge in [-0.2, -0.15) is 0 Å². The van der Waals surface area contributed by atoms with E-state index in [9.17, 15) is 19.5 Å². The highest BCUT2D eigenvalue weighted by Crippen LogP contribution is 2.45. The molecule has 0 aromatic heterocycles. The van der Waals surface area contributed by atoms with E-state index < -0.39 is 41.5 Å². The van der Waals surface area contributed by atoms with Crippen molar-refractivity contribution >= 4 is 17.8 Å². The van der Waals surface area contributed by atoms with Crippen LogP contribution in [0.5, 0.6) is 0 Å². The van der Waals surface area contributed by atoms with E-state index in [1.165, 1.54) is 4.90 Å². The van der Waals surface area contributed by atoms with Gasteiger partial charge < -0.3 is 19.5 Å². The number of carbonyl (C=O) groups excluding carboxylic acids is 2. The van der Waals surface area contributed by atoms with E-state index in [4.69, 9.17) is 9.47 Å². The van der Waals surface area contributed by atoms with Crippen LogP contribution in [0.3, 0.4) is 0 Å². The van der Waals surface area contributed by atoms with E-state index in [0.29, 0.717) is 6.61 Å². The van der Waals surface area contributed by atoms with E-state index in [0.717, 1.165) is 0 Å². The van der Waals surface area contributed by atoms with Crippen LogP contribution in [0.2, 0.25) is 0 Å². The number of nitrogens with zero attached hydrogens (tertiary/aromatic N) is 1. The molecule has 0 spiro atoms. The van der Waals surface area contributed by atoms with Crippen LogP contribution >= 0.6 is 0 Å². The summed E-state index contributed by atoms with van der Waals surface area (Å²) in [5, 5.41) is 9.67. The average Bonchev–Trinajstić information content (AvgIpc) is 2.87. The highest BCUT2D eigenvalue weighted by atomic mass is 16.6. The first-order valence-corrected chi connectivity index (χ1v) is 7.87. The number of ether oxygens (including phenoxy) is 2. The van der Waals surface area contributed by atoms with Gasteiger partial charge in [-0.1, -0.05) is 13.8 Å². The minimum atomic E-state index is -1.75. The molecular weight excluding hydrogens is 302 g/mol. The summed E-state index contributed by atoms with van der Waals surface area (Å²) in [5.41, 5.74) is -2.47. The standard InChI is InChI=1S/C16H25NO6/c1-9(2)12-17-10(8-22-12)6-16(13(17)19,14(20)21)7-11(18)23-15(3,4)5/h9-10,12H,6-8H2,1-5H3,(H,20,21)/t10-,12+,16?/m0/s1. The van der Waals surface area contributed by atoms with E-state index in [1.54, 1.807) is 20.8 Å². The number of esters is 1. The van der Waals surface area contributed by atoms with E-state index in [2.05, 4.69) is 0 Å². The lowest BCUT2D eigenvalue weighted by molar-refractivity contribution is -0.170. The number of rotatable bonds is 4. The summed E-state index contributed by atoms with van der Waals surface area (Å²) < 4.78 is 10.8. The van der Waals surface area contributed by atoms with Crippen molar-refractivity contribution < 1.29 is 29.0 Å². The van der Waals surface area contributed by atoms with Crippen molar-refractivity contribution in [3.63, 3.8) is 0 Å². The zero-order valence-electron chi connectivity index (χ0n) is 14.3. The fourth-order valence-corrected chi connectivity index (χ4v) is 3.29. The highest BCUT2D eigenvalue weighted by Gasteiger charge is 2.62. The highest BCUT2D eigenvalue weighted by molar-refractivity contribution is 6.06. The second-order valence-corrected chi connectivity index (χ2v) is 7.69. The quantitative estimate of drug-likeness (QED) is 0.620. The van der Waals surface area contributed by atoms with E-state index >= 15 is 0 Å². The van der Waals surface area contributed by atoms with Crippen molar-refractivity contribution in [3.8, 4) is 0 Å². The van der Waals surface area contributed by atoms with Crippen molar-refractivity contribution in [2.75, 3.05) is 6.61 Å². The molecule has 3 atom stereocenters. The van der Waals surface area contributed by atoms with Crippen LogP contribution in [0.4, 0.5) is 0 Å². The monoisotopic (exact) mass is 327 g/mol. The second kappa shape index (κ2) is 5.78. The van der Waals surface area contributed by atoms with Crippen molar-refractivity contribution in [2.24, 2.45) is 11.3 Å². The van der Waals surface area contributed by atoms with Crippen LogP contribution in [0, 0.1) is 11.3 Å². The van der Waals surface area contributed by atoms with Crippen molar-refractivity contribution in [1.29, 1.82) is 0 Å². The molecule has 0 aliphatic carbocycles. The molecule has 2 saturated heterocycles. The molecule has 1 amide bonds. The Bertz CT molecular complexity index is 523. The van der Waals surface area contributed by atoms with Crippen LogP contribution in [0.15, 0.2) is 0 Å². The maximum Gasteiger partial charge on any atom is 0.319 e. The van der Waals surface area contributed by atoms with Gasteiger partial charge in [-0.15, -0.1) is 0 Å². The van der Waals surface area contributed by atoms with Gasteiger partial charge in [0.15, 0.2) is 5.41 Å². The number of aliphatic carboxylic acids is 1. The molecule has 1 N–H and O–H groups in total. The second-order valence-electron chi connectivity index (χ2n) is 7.69. The predicted octanol–water partition coefficient (Wildman–Crippen LogP) is 1.40. The van der Waals surface area contributed by atoms with E-state index in [1.807, 2.05) is 13.8 Å². The molecule has 7 nitrogen and oxygen atoms in total. The van der Waals surface area contributed by atoms with Crippen LogP contribution < -0.4 is 0 Å². The molecule has 2 heterocycles. The van der Waals surface area contributed by atoms with Crippen LogP contribution in [0.25, 0.3) is 0 Å². The number of carboxylic acid groups (broad SMARTS) is 1. The summed E-state index contributed by atoms with van der Waals surface area (Å²) in [6.45, 7) is 9.24. The Hall–Kier alpha value is -1.63. The molecule has 2 aliphatic heterocycles. The predicted molar refractivity (Wildman–Crippen MR) is 80.4 cm³/mol. The summed E-state index contributed by atoms with van der Waals surface area (Å²) in [6.07, 6.45) is -0.813. The fraction of sp³-hybridized carbons (Fsp3) is 0.812. The third-order valence-electron chi connectivity index (χ3n) is 4.20. The van der Waals surface area contributed by atoms with Gasteiger partial charge in [-0.3, -0.25) is 14.4 Å². The SMILES string of the molecule is CC(C)[C@H]1OC[C@@H]2CC(CC(=O)OC(C)(C)C)(C(=O)O)C(=O)N21. The molecule has 7 heteroatoms. The van der Waals surface area contributed by atoms with Crippen molar-refractivity contribution in [2.45, 2.75) is 65.3 Å². The molecular formula is C16H25NO6. The number of carboxylic acids is 1. The lowest BCUT2D eigenvalue weighted by Crippen LogP contribution is -2.46. The Morgan fingerprint density at radius 3 is 2.52 bits per heavy atom. The third-order valence-corrected chi connectivity index (χ3v) is 4.20. The smallest absolute Gasteiger partial charge is 0.319 e. The van der Waals surface area contributed by atoms with Crippen LogP contribution in [0.1, 0.15) is 47.5 Å². The summed E-state index contributed by atoms with van der Waals surface area (Å²) in [4.78, 5) is 38.3. The average molecular weight is 327 g/mol. The lowest BCUT2D eigenvalue weighted by atomic mass is 9.81. The summed E-state index contributed by atoms with van der Waals surface area (Å²) in [5.74, 6) is -2.44. The van der Waals surface area contributed by atoms with E-state index in [-0.39, 0.29) is 18.4 Å². The lowest BCUT2D eigenvalue weighted by Gasteiger charge is -2.29. The van der Waals surface area contributed by atoms with Gasteiger partial charge in [-0.25, -0.2) is 0 Å². The Morgan fingerprint density at radius 2 is 2.04 bits per heavy atom. The van der Waals surface area contributed by atoms with Gasteiger partial charge in [0.2, 0.25) is 5.91 Å². The number of hydrogen-bond donors (Lipinski definition) is 1. The van der Waals surface area contributed by atoms with Gasteiger partial charge in [0.1, 0.15) is 11.8 Å². The molecule has 0 radical (unpaired) electrons. The van der Waals surface area contributed by atoms with Crippen molar-refractivity contribution in [3.05, 3.63) is 0 Å². The maximum absolute atomic E-state index is 12.8. The molecule has 2 rings (SSSR count). The summed E-state index contributed by atoms with van der Waals surface area (Å²) in [7, 11) is 0. The largest absolute Gasteiger partial charge is 0.480 e. The molecule has 1 unspecified atom stereocenters. The fourth-order valence-electron chi connectivity index (χ4n) is 3.29. The first-order chi connectivity index (χ1) is 10.5. The van der Waals surface area contributed by atoms with Gasteiger partial charge >= 0.3 is 11.9 Å². The zero-order valence-corrected chi connectivity index (χ0v) is 14.3. The molecule has 0 aromatic carbocycles. The Kier molecular flexibility index (Phi) is 4.45. The van der Waals surface area contributed by atoms with Gasteiger partial charge in [0, 0.05) is 0 Å². The number of hydrogen-bond acceptors (Lipinski definition) is 5. The minimum absolute atomic E-state index is 0.0510. The number of amides is 1. The summed E-state index contributed by atoms with van der Waals surface area (Å²) >= 11 is 0. The zero-order chi connectivity index (χ0) is 17.6. The van der Waals surface area contributed by atoms with Gasteiger partial charge in [0.25, 0.3) is 0 Å². The van der Waals surface area contributed by atoms with Gasteiger partial charge in [-0.05, 0) is 33.1 Å². The van der Waals surface area contributed by atoms with Crippen LogP contribution in [-0.4, -0.2) is 52.3 Å². The Morgan fingerprint density at radius 1 is 1.43 bits per heavy atom. The Labute approximate surface area is 135 Å². The topological polar surface area (TPSA) is 93.1 Å². The molecule has 2 aliphatic rings. The maximum atomic E-state index is 12.8. The minimum Gasteiger partial charge on any atom is -0.480 e. The first kappa shape index (κ1) is 17.7. The normalized spacial score (nSPS) is 30.7. The first-order valence-electron chi connectivity index (χ1n) is 7.87. The van der Waals surface area contributed by atoms with Crippen molar-refractivity contribution in [1.82, 2.24) is 4.90 Å².